The van der Waals surface area contributed by atoms with E-state index in [1.807, 2.05) is 50.2 Å². The summed E-state index contributed by atoms with van der Waals surface area (Å²) in [6.07, 6.45) is 7.66. The molecule has 182 valence electrons. The van der Waals surface area contributed by atoms with E-state index in [1.165, 1.54) is 32.1 Å². The van der Waals surface area contributed by atoms with Crippen molar-refractivity contribution in [3.63, 3.8) is 0 Å². The van der Waals surface area contributed by atoms with Crippen LogP contribution in [0.1, 0.15) is 59.3 Å². The Morgan fingerprint density at radius 3 is 2.41 bits per heavy atom. The van der Waals surface area contributed by atoms with Crippen LogP contribution < -0.4 is 9.80 Å². The van der Waals surface area contributed by atoms with Gasteiger partial charge in [0.15, 0.2) is 0 Å². The Labute approximate surface area is 203 Å². The minimum atomic E-state index is 0.0939. The van der Waals surface area contributed by atoms with Crippen molar-refractivity contribution in [3.8, 4) is 0 Å². The summed E-state index contributed by atoms with van der Waals surface area (Å²) in [6.45, 7) is 7.42. The third-order valence-corrected chi connectivity index (χ3v) is 7.80. The van der Waals surface area contributed by atoms with E-state index in [0.29, 0.717) is 13.1 Å². The van der Waals surface area contributed by atoms with Crippen molar-refractivity contribution < 1.29 is 4.79 Å². The van der Waals surface area contributed by atoms with E-state index >= 15 is 0 Å². The minimum absolute atomic E-state index is 0.0939. The van der Waals surface area contributed by atoms with E-state index in [2.05, 4.69) is 14.7 Å². The van der Waals surface area contributed by atoms with E-state index in [9.17, 15) is 4.79 Å². The van der Waals surface area contributed by atoms with Crippen LogP contribution in [0.4, 0.5) is 11.8 Å². The molecule has 1 aromatic carbocycles. The molecule has 1 amide bonds. The Balaban J connectivity index is 1.33. The van der Waals surface area contributed by atoms with E-state index in [0.717, 1.165) is 72.8 Å². The van der Waals surface area contributed by atoms with Gasteiger partial charge in [0.1, 0.15) is 5.82 Å². The van der Waals surface area contributed by atoms with Gasteiger partial charge in [-0.3, -0.25) is 9.69 Å². The lowest BCUT2D eigenvalue weighted by Gasteiger charge is -2.41. The lowest BCUT2D eigenvalue weighted by molar-refractivity contribution is 0.0733. The number of anilines is 2. The number of hydrogen-bond acceptors (Lipinski definition) is 6. The molecular formula is C27H38N6O. The molecule has 0 atom stereocenters. The smallest absolute Gasteiger partial charge is 0.254 e. The zero-order valence-corrected chi connectivity index (χ0v) is 21.0. The molecule has 7 heteroatoms. The number of aryl methyl sites for hydroxylation is 1. The van der Waals surface area contributed by atoms with Gasteiger partial charge in [-0.05, 0) is 31.4 Å². The molecule has 1 aliphatic carbocycles. The topological polar surface area (TPSA) is 55.8 Å². The summed E-state index contributed by atoms with van der Waals surface area (Å²) < 4.78 is 0. The number of carbonyl (C=O) groups excluding carboxylic acids is 1. The maximum atomic E-state index is 13.2. The molecular weight excluding hydrogens is 424 g/mol. The Hall–Kier alpha value is -2.67. The van der Waals surface area contributed by atoms with Gasteiger partial charge in [-0.15, -0.1) is 0 Å². The molecule has 0 spiro atoms. The molecule has 34 heavy (non-hydrogen) atoms. The van der Waals surface area contributed by atoms with Crippen molar-refractivity contribution in [2.45, 2.75) is 58.0 Å². The van der Waals surface area contributed by atoms with Crippen molar-refractivity contribution in [1.82, 2.24) is 19.8 Å². The first-order valence-corrected chi connectivity index (χ1v) is 12.9. The zero-order valence-electron chi connectivity index (χ0n) is 21.0. The average molecular weight is 463 g/mol. The monoisotopic (exact) mass is 462 g/mol. The maximum absolute atomic E-state index is 13.2. The highest BCUT2D eigenvalue weighted by Crippen LogP contribution is 2.30. The largest absolute Gasteiger partial charge is 0.362 e. The fourth-order valence-corrected chi connectivity index (χ4v) is 5.79. The SMILES string of the molecule is Cc1ccccc1C(=O)N1CCc2nc(N3CCN(C4CCCCC4)CC3)nc(N(C)C)c2C1. The van der Waals surface area contributed by atoms with Gasteiger partial charge in [0.05, 0.1) is 12.2 Å². The minimum Gasteiger partial charge on any atom is -0.362 e. The van der Waals surface area contributed by atoms with Crippen LogP contribution in [0, 0.1) is 6.92 Å². The van der Waals surface area contributed by atoms with Crippen molar-refractivity contribution in [2.24, 2.45) is 0 Å². The summed E-state index contributed by atoms with van der Waals surface area (Å²) in [5, 5.41) is 0. The first-order chi connectivity index (χ1) is 16.5. The van der Waals surface area contributed by atoms with Gasteiger partial charge in [0.2, 0.25) is 5.95 Å². The fourth-order valence-electron chi connectivity index (χ4n) is 5.79. The van der Waals surface area contributed by atoms with Crippen LogP contribution in [-0.2, 0) is 13.0 Å². The highest BCUT2D eigenvalue weighted by atomic mass is 16.2. The Morgan fingerprint density at radius 1 is 0.971 bits per heavy atom. The first kappa shape index (κ1) is 23.1. The van der Waals surface area contributed by atoms with Gasteiger partial charge < -0.3 is 14.7 Å². The van der Waals surface area contributed by atoms with Crippen molar-refractivity contribution in [3.05, 3.63) is 46.6 Å². The summed E-state index contributed by atoms with van der Waals surface area (Å²) in [5.41, 5.74) is 3.98. The maximum Gasteiger partial charge on any atom is 0.254 e. The highest BCUT2D eigenvalue weighted by molar-refractivity contribution is 5.95. The van der Waals surface area contributed by atoms with Crippen LogP contribution in [0.25, 0.3) is 0 Å². The summed E-state index contributed by atoms with van der Waals surface area (Å²) in [7, 11) is 4.07. The fraction of sp³-hybridized carbons (Fsp3) is 0.593. The molecule has 3 aliphatic rings. The van der Waals surface area contributed by atoms with Gasteiger partial charge in [0.25, 0.3) is 5.91 Å². The molecule has 0 radical (unpaired) electrons. The van der Waals surface area contributed by atoms with E-state index in [-0.39, 0.29) is 5.91 Å². The van der Waals surface area contributed by atoms with Crippen molar-refractivity contribution in [1.29, 1.82) is 0 Å². The number of carbonyl (C=O) groups is 1. The summed E-state index contributed by atoms with van der Waals surface area (Å²) >= 11 is 0. The second-order valence-corrected chi connectivity index (χ2v) is 10.3. The second kappa shape index (κ2) is 9.90. The Morgan fingerprint density at radius 2 is 1.71 bits per heavy atom. The van der Waals surface area contributed by atoms with Crippen LogP contribution >= 0.6 is 0 Å². The van der Waals surface area contributed by atoms with Gasteiger partial charge in [-0.2, -0.15) is 4.98 Å². The summed E-state index contributed by atoms with van der Waals surface area (Å²) in [5.74, 6) is 1.89. The van der Waals surface area contributed by atoms with Gasteiger partial charge in [-0.25, -0.2) is 4.98 Å². The average Bonchev–Trinajstić information content (AvgIpc) is 2.88. The van der Waals surface area contributed by atoms with Crippen LogP contribution in [0.5, 0.6) is 0 Å². The number of nitrogens with zero attached hydrogens (tertiary/aromatic N) is 6. The summed E-state index contributed by atoms with van der Waals surface area (Å²) in [6, 6.07) is 8.61. The Bertz CT molecular complexity index is 1020. The normalized spacial score (nSPS) is 19.7. The molecule has 7 nitrogen and oxygen atoms in total. The van der Waals surface area contributed by atoms with E-state index in [4.69, 9.17) is 9.97 Å². The van der Waals surface area contributed by atoms with Gasteiger partial charge in [0, 0.05) is 70.4 Å². The zero-order chi connectivity index (χ0) is 23.7. The molecule has 2 aliphatic heterocycles. The predicted molar refractivity (Wildman–Crippen MR) is 137 cm³/mol. The molecule has 3 heterocycles. The third kappa shape index (κ3) is 4.63. The second-order valence-electron chi connectivity index (χ2n) is 10.3. The van der Waals surface area contributed by atoms with E-state index in [1.54, 1.807) is 0 Å². The molecule has 1 saturated carbocycles. The van der Waals surface area contributed by atoms with E-state index < -0.39 is 0 Å². The molecule has 1 aromatic heterocycles. The number of hydrogen-bond donors (Lipinski definition) is 0. The van der Waals surface area contributed by atoms with Gasteiger partial charge in [-0.1, -0.05) is 37.5 Å². The molecule has 0 bridgehead atoms. The molecule has 1 saturated heterocycles. The summed E-state index contributed by atoms with van der Waals surface area (Å²) in [4.78, 5) is 32.4. The van der Waals surface area contributed by atoms with Crippen LogP contribution in [-0.4, -0.2) is 78.5 Å². The molecule has 2 aromatic rings. The van der Waals surface area contributed by atoms with Crippen molar-refractivity contribution in [2.75, 3.05) is 56.6 Å². The van der Waals surface area contributed by atoms with Gasteiger partial charge >= 0.3 is 0 Å². The number of benzene rings is 1. The molecule has 2 fully saturated rings. The molecule has 5 rings (SSSR count). The molecule has 0 unspecified atom stereocenters. The lowest BCUT2D eigenvalue weighted by atomic mass is 9.94. The predicted octanol–water partition coefficient (Wildman–Crippen LogP) is 3.50. The van der Waals surface area contributed by atoms with Crippen molar-refractivity contribution >= 4 is 17.7 Å². The quantitative estimate of drug-likeness (QED) is 0.693. The highest BCUT2D eigenvalue weighted by Gasteiger charge is 2.30. The number of rotatable bonds is 4. The number of piperazine rings is 1. The first-order valence-electron chi connectivity index (χ1n) is 12.9. The standard InChI is InChI=1S/C27H38N6O/c1-20-9-7-8-12-22(20)26(34)33-14-13-24-23(19-33)25(30(2)3)29-27(28-24)32-17-15-31(16-18-32)21-10-5-4-6-11-21/h7-9,12,21H,4-6,10-11,13-19H2,1-3H3. The number of amides is 1. The van der Waals surface area contributed by atoms with Crippen LogP contribution in [0.3, 0.4) is 0 Å². The molecule has 0 N–H and O–H groups in total. The van der Waals surface area contributed by atoms with Crippen LogP contribution in [0.15, 0.2) is 24.3 Å². The number of aromatic nitrogens is 2. The number of fused-ring (bicyclic) bond motifs is 1. The Kier molecular flexibility index (Phi) is 6.73. The third-order valence-electron chi connectivity index (χ3n) is 7.80. The van der Waals surface area contributed by atoms with Crippen LogP contribution in [0.2, 0.25) is 0 Å². The lowest BCUT2D eigenvalue weighted by Crippen LogP contribution is -2.51.